The van der Waals surface area contributed by atoms with Crippen LogP contribution in [0.3, 0.4) is 0 Å². The molecule has 3 aromatic rings. The Balaban J connectivity index is 1.88. The molecule has 25 heavy (non-hydrogen) atoms. The second kappa shape index (κ2) is 5.96. The van der Waals surface area contributed by atoms with Crippen LogP contribution in [0.4, 0.5) is 11.5 Å². The number of hydrogen-bond acceptors (Lipinski definition) is 3. The van der Waals surface area contributed by atoms with E-state index in [-0.39, 0.29) is 0 Å². The van der Waals surface area contributed by atoms with E-state index in [0.29, 0.717) is 0 Å². The second-order valence-electron chi connectivity index (χ2n) is 7.00. The lowest BCUT2D eigenvalue weighted by molar-refractivity contribution is 0.874. The van der Waals surface area contributed by atoms with E-state index in [4.69, 9.17) is 5.10 Å². The smallest absolute Gasteiger partial charge is 0.133 e. The van der Waals surface area contributed by atoms with Crippen molar-refractivity contribution < 1.29 is 0 Å². The Labute approximate surface area is 149 Å². The van der Waals surface area contributed by atoms with Crippen molar-refractivity contribution in [3.63, 3.8) is 0 Å². The van der Waals surface area contributed by atoms with Gasteiger partial charge >= 0.3 is 0 Å². The molecule has 4 nitrogen and oxygen atoms in total. The molecule has 1 aliphatic rings. The highest BCUT2D eigenvalue weighted by Crippen LogP contribution is 2.36. The van der Waals surface area contributed by atoms with E-state index < -0.39 is 0 Å². The minimum atomic E-state index is 0.971. The van der Waals surface area contributed by atoms with E-state index >= 15 is 0 Å². The van der Waals surface area contributed by atoms with E-state index in [9.17, 15) is 0 Å². The summed E-state index contributed by atoms with van der Waals surface area (Å²) in [5, 5.41) is 8.53. The maximum atomic E-state index is 5.00. The highest BCUT2D eigenvalue weighted by molar-refractivity contribution is 5.75. The van der Waals surface area contributed by atoms with Crippen molar-refractivity contribution in [2.24, 2.45) is 0 Å². The second-order valence-corrected chi connectivity index (χ2v) is 7.00. The first-order valence-corrected chi connectivity index (χ1v) is 8.76. The topological polar surface area (TPSA) is 33.1 Å². The van der Waals surface area contributed by atoms with Gasteiger partial charge in [0.2, 0.25) is 0 Å². The molecular formula is C21H24N4. The summed E-state index contributed by atoms with van der Waals surface area (Å²) in [4.78, 5) is 2.13. The Morgan fingerprint density at radius 3 is 2.68 bits per heavy atom. The Hall–Kier alpha value is -2.75. The molecule has 0 saturated carbocycles. The maximum absolute atomic E-state index is 5.00. The van der Waals surface area contributed by atoms with Crippen molar-refractivity contribution in [2.75, 3.05) is 30.9 Å². The van der Waals surface area contributed by atoms with Crippen LogP contribution in [0, 0.1) is 13.8 Å². The zero-order chi connectivity index (χ0) is 17.6. The molecule has 2 heterocycles. The van der Waals surface area contributed by atoms with Gasteiger partial charge in [0.15, 0.2) is 0 Å². The third kappa shape index (κ3) is 2.68. The molecule has 1 aromatic heterocycles. The van der Waals surface area contributed by atoms with Gasteiger partial charge in [-0.1, -0.05) is 29.8 Å². The minimum Gasteiger partial charge on any atom is -0.378 e. The fourth-order valence-electron chi connectivity index (χ4n) is 3.56. The lowest BCUT2D eigenvalue weighted by atomic mass is 10.1. The van der Waals surface area contributed by atoms with Crippen LogP contribution >= 0.6 is 0 Å². The molecule has 0 bridgehead atoms. The van der Waals surface area contributed by atoms with Crippen molar-refractivity contribution in [1.82, 2.24) is 9.78 Å². The van der Waals surface area contributed by atoms with Gasteiger partial charge in [-0.05, 0) is 44.0 Å². The number of benzene rings is 2. The van der Waals surface area contributed by atoms with E-state index in [1.165, 1.54) is 27.9 Å². The first kappa shape index (κ1) is 15.8. The Morgan fingerprint density at radius 1 is 1.08 bits per heavy atom. The van der Waals surface area contributed by atoms with Crippen molar-refractivity contribution >= 4 is 11.5 Å². The van der Waals surface area contributed by atoms with Crippen LogP contribution in [-0.4, -0.2) is 30.4 Å². The number of fused-ring (bicyclic) bond motifs is 1. The van der Waals surface area contributed by atoms with Gasteiger partial charge in [0.1, 0.15) is 5.82 Å². The summed E-state index contributed by atoms with van der Waals surface area (Å²) < 4.78 is 2.08. The third-order valence-electron chi connectivity index (χ3n) is 4.87. The zero-order valence-electron chi connectivity index (χ0n) is 15.3. The van der Waals surface area contributed by atoms with Gasteiger partial charge in [-0.3, -0.25) is 0 Å². The van der Waals surface area contributed by atoms with E-state index in [2.05, 4.69) is 85.3 Å². The highest BCUT2D eigenvalue weighted by atomic mass is 15.3. The molecule has 0 atom stereocenters. The molecule has 0 amide bonds. The monoisotopic (exact) mass is 332 g/mol. The number of aryl methyl sites for hydroxylation is 2. The van der Waals surface area contributed by atoms with Crippen LogP contribution in [0.15, 0.2) is 42.5 Å². The summed E-state index contributed by atoms with van der Waals surface area (Å²) in [6.45, 7) is 5.25. The quantitative estimate of drug-likeness (QED) is 0.781. The molecule has 4 heteroatoms. The van der Waals surface area contributed by atoms with Crippen LogP contribution in [0.5, 0.6) is 0 Å². The predicted molar refractivity (Wildman–Crippen MR) is 105 cm³/mol. The lowest BCUT2D eigenvalue weighted by Crippen LogP contribution is -2.08. The number of aromatic nitrogens is 2. The van der Waals surface area contributed by atoms with Gasteiger partial charge in [-0.15, -0.1) is 0 Å². The molecule has 2 aromatic carbocycles. The van der Waals surface area contributed by atoms with E-state index in [0.717, 1.165) is 30.2 Å². The zero-order valence-corrected chi connectivity index (χ0v) is 15.3. The number of anilines is 2. The number of nitrogens with zero attached hydrogens (tertiary/aromatic N) is 3. The number of rotatable bonds is 3. The molecule has 0 spiro atoms. The summed E-state index contributed by atoms with van der Waals surface area (Å²) in [6.07, 6.45) is 1.02. The summed E-state index contributed by atoms with van der Waals surface area (Å²) in [7, 11) is 4.14. The Kier molecular flexibility index (Phi) is 3.75. The average molecular weight is 332 g/mol. The van der Waals surface area contributed by atoms with Gasteiger partial charge in [0.25, 0.3) is 0 Å². The van der Waals surface area contributed by atoms with Crippen molar-refractivity contribution in [3.05, 3.63) is 59.2 Å². The van der Waals surface area contributed by atoms with Crippen molar-refractivity contribution in [3.8, 4) is 16.9 Å². The molecular weight excluding hydrogens is 308 g/mol. The van der Waals surface area contributed by atoms with Gasteiger partial charge in [0.05, 0.1) is 11.4 Å². The van der Waals surface area contributed by atoms with Crippen LogP contribution in [-0.2, 0) is 6.42 Å². The lowest BCUT2D eigenvalue weighted by Gasteiger charge is -2.13. The summed E-state index contributed by atoms with van der Waals surface area (Å²) >= 11 is 0. The van der Waals surface area contributed by atoms with E-state index in [1.807, 2.05) is 0 Å². The molecule has 0 radical (unpaired) electrons. The number of hydrogen-bond donors (Lipinski definition) is 1. The van der Waals surface area contributed by atoms with Crippen LogP contribution in [0.2, 0.25) is 0 Å². The molecule has 0 unspecified atom stereocenters. The molecule has 128 valence electrons. The first-order valence-electron chi connectivity index (χ1n) is 8.76. The molecule has 1 N–H and O–H groups in total. The Bertz CT molecular complexity index is 937. The molecule has 0 saturated heterocycles. The van der Waals surface area contributed by atoms with Crippen molar-refractivity contribution in [2.45, 2.75) is 20.3 Å². The average Bonchev–Trinajstić information content (AvgIpc) is 3.18. The van der Waals surface area contributed by atoms with Crippen LogP contribution < -0.4 is 10.2 Å². The molecule has 0 fully saturated rings. The summed E-state index contributed by atoms with van der Waals surface area (Å²) in [5.74, 6) is 1.14. The van der Waals surface area contributed by atoms with Gasteiger partial charge in [0, 0.05) is 37.5 Å². The van der Waals surface area contributed by atoms with Crippen LogP contribution in [0.1, 0.15) is 16.7 Å². The highest BCUT2D eigenvalue weighted by Gasteiger charge is 2.24. The van der Waals surface area contributed by atoms with Crippen LogP contribution in [0.25, 0.3) is 16.9 Å². The predicted octanol–water partition coefficient (Wildman–Crippen LogP) is 4.19. The Morgan fingerprint density at radius 2 is 1.92 bits per heavy atom. The fraction of sp³-hybridized carbons (Fsp3) is 0.286. The minimum absolute atomic E-state index is 0.971. The van der Waals surface area contributed by atoms with Gasteiger partial charge in [-0.25, -0.2) is 4.68 Å². The first-order chi connectivity index (χ1) is 12.0. The number of nitrogens with one attached hydrogen (secondary N) is 1. The largest absolute Gasteiger partial charge is 0.378 e. The summed E-state index contributed by atoms with van der Waals surface area (Å²) in [5.41, 5.74) is 8.43. The molecule has 0 aliphatic carbocycles. The molecule has 4 rings (SSSR count). The third-order valence-corrected chi connectivity index (χ3v) is 4.87. The maximum Gasteiger partial charge on any atom is 0.133 e. The normalized spacial score (nSPS) is 12.8. The van der Waals surface area contributed by atoms with Gasteiger partial charge in [-0.2, -0.15) is 5.10 Å². The summed E-state index contributed by atoms with van der Waals surface area (Å²) in [6, 6.07) is 15.1. The molecule has 1 aliphatic heterocycles. The fourth-order valence-corrected chi connectivity index (χ4v) is 3.56. The van der Waals surface area contributed by atoms with E-state index in [1.54, 1.807) is 0 Å². The van der Waals surface area contributed by atoms with Gasteiger partial charge < -0.3 is 10.2 Å². The van der Waals surface area contributed by atoms with Crippen molar-refractivity contribution in [1.29, 1.82) is 0 Å². The SMILES string of the molecule is Cc1ccc(-n2nc(-c3cccc(N(C)C)c3)c3c2NCC3)c(C)c1. The standard InChI is InChI=1S/C21H24N4/c1-14-8-9-19(15(2)12-14)25-21-18(10-11-22-21)20(23-25)16-6-5-7-17(13-16)24(3)4/h5-9,12-13,22H,10-11H2,1-4H3.